The van der Waals surface area contributed by atoms with E-state index in [2.05, 4.69) is 9.98 Å². The van der Waals surface area contributed by atoms with Crippen LogP contribution >= 0.6 is 0 Å². The van der Waals surface area contributed by atoms with E-state index >= 15 is 0 Å². The Morgan fingerprint density at radius 3 is 1.29 bits per heavy atom. The Labute approximate surface area is 327 Å². The summed E-state index contributed by atoms with van der Waals surface area (Å²) < 4.78 is 33.0. The van der Waals surface area contributed by atoms with Gasteiger partial charge in [0, 0.05) is 35.7 Å². The lowest BCUT2D eigenvalue weighted by atomic mass is 10.2. The molecule has 0 radical (unpaired) electrons. The second-order valence-electron chi connectivity index (χ2n) is 12.3. The Morgan fingerprint density at radius 1 is 0.536 bits per heavy atom. The number of carbonyl (C=O) groups excluding carboxylic acids is 4. The molecule has 12 nitrogen and oxygen atoms in total. The number of hydrogen-bond donors (Lipinski definition) is 0. The topological polar surface area (TPSA) is 148 Å². The van der Waals surface area contributed by atoms with Gasteiger partial charge in [-0.2, -0.15) is 0 Å². The predicted molar refractivity (Wildman–Crippen MR) is 213 cm³/mol. The third kappa shape index (κ3) is 13.8. The van der Waals surface area contributed by atoms with Crippen molar-refractivity contribution in [3.63, 3.8) is 0 Å². The van der Waals surface area contributed by atoms with E-state index < -0.39 is 11.9 Å². The van der Waals surface area contributed by atoms with Crippen LogP contribution < -0.4 is 18.9 Å². The smallest absolute Gasteiger partial charge is 0.338 e. The average molecular weight is 765 g/mol. The van der Waals surface area contributed by atoms with E-state index in [-0.39, 0.29) is 36.3 Å². The molecule has 56 heavy (non-hydrogen) atoms. The van der Waals surface area contributed by atoms with E-state index in [9.17, 15) is 19.2 Å². The number of benzene rings is 4. The fourth-order valence-corrected chi connectivity index (χ4v) is 4.94. The summed E-state index contributed by atoms with van der Waals surface area (Å²) in [4.78, 5) is 58.6. The first-order valence-corrected chi connectivity index (χ1v) is 18.8. The van der Waals surface area contributed by atoms with Crippen LogP contribution in [-0.4, -0.2) is 62.7 Å². The number of unbranched alkanes of at least 4 members (excludes halogenated alkanes) is 2. The highest BCUT2D eigenvalue weighted by molar-refractivity contribution is 5.91. The third-order valence-electron chi connectivity index (χ3n) is 7.94. The Morgan fingerprint density at radius 2 is 0.929 bits per heavy atom. The predicted octanol–water partition coefficient (Wildman–Crippen LogP) is 9.19. The maximum atomic E-state index is 12.7. The average Bonchev–Trinajstić information content (AvgIpc) is 3.20. The Bertz CT molecular complexity index is 1830. The van der Waals surface area contributed by atoms with Crippen molar-refractivity contribution >= 4 is 47.7 Å². The lowest BCUT2D eigenvalue weighted by Crippen LogP contribution is -2.14. The van der Waals surface area contributed by atoms with Crippen molar-refractivity contribution in [2.75, 3.05) is 26.4 Å². The Hall–Kier alpha value is -6.30. The van der Waals surface area contributed by atoms with Gasteiger partial charge in [0.2, 0.25) is 0 Å². The van der Waals surface area contributed by atoms with Gasteiger partial charge in [0.25, 0.3) is 0 Å². The molecule has 4 aromatic rings. The van der Waals surface area contributed by atoms with Gasteiger partial charge in [-0.25, -0.2) is 9.59 Å². The largest absolute Gasteiger partial charge is 0.493 e. The highest BCUT2D eigenvalue weighted by Crippen LogP contribution is 2.27. The number of nitrogens with zero attached hydrogens (tertiary/aromatic N) is 2. The second-order valence-corrected chi connectivity index (χ2v) is 12.3. The quantitative estimate of drug-likeness (QED) is 0.0348. The van der Waals surface area contributed by atoms with Crippen molar-refractivity contribution in [2.24, 2.45) is 9.98 Å². The summed E-state index contributed by atoms with van der Waals surface area (Å²) in [5.74, 6) is -0.596. The number of rotatable bonds is 21. The fraction of sp³-hybridized carbons (Fsp3) is 0.318. The van der Waals surface area contributed by atoms with Crippen LogP contribution in [0, 0.1) is 0 Å². The first-order chi connectivity index (χ1) is 27.2. The number of aliphatic imine (C=N–C) groups is 2. The Kier molecular flexibility index (Phi) is 17.3. The van der Waals surface area contributed by atoms with Gasteiger partial charge in [0.1, 0.15) is 23.0 Å². The first-order valence-electron chi connectivity index (χ1n) is 18.8. The maximum Gasteiger partial charge on any atom is 0.338 e. The van der Waals surface area contributed by atoms with Crippen molar-refractivity contribution in [1.29, 1.82) is 0 Å². The van der Waals surface area contributed by atoms with Crippen molar-refractivity contribution < 1.29 is 47.6 Å². The van der Waals surface area contributed by atoms with E-state index in [0.29, 0.717) is 71.6 Å². The lowest BCUT2D eigenvalue weighted by Gasteiger charge is -2.11. The SMILES string of the molecule is CCCCOC(=O)c1ccc(N=Cc2ccc(OC(=O)CCC(=O)Oc3ccc(C=Nc4ccc(C(=O)OCCCC)cc4)c(OCC)c3)cc2OCC)cc1. The lowest BCUT2D eigenvalue weighted by molar-refractivity contribution is -0.140. The highest BCUT2D eigenvalue weighted by atomic mass is 16.5. The van der Waals surface area contributed by atoms with Gasteiger partial charge in [0.05, 0.1) is 61.8 Å². The molecule has 0 aliphatic heterocycles. The molecule has 0 heterocycles. The zero-order valence-electron chi connectivity index (χ0n) is 32.3. The van der Waals surface area contributed by atoms with Gasteiger partial charge < -0.3 is 28.4 Å². The fourth-order valence-electron chi connectivity index (χ4n) is 4.94. The van der Waals surface area contributed by atoms with Gasteiger partial charge in [-0.1, -0.05) is 26.7 Å². The molecule has 0 aliphatic rings. The molecule has 0 fully saturated rings. The summed E-state index contributed by atoms with van der Waals surface area (Å²) in [6, 6.07) is 23.3. The van der Waals surface area contributed by atoms with Crippen molar-refractivity contribution in [3.8, 4) is 23.0 Å². The van der Waals surface area contributed by atoms with E-state index in [1.54, 1.807) is 97.4 Å². The number of hydrogen-bond acceptors (Lipinski definition) is 12. The van der Waals surface area contributed by atoms with Crippen LogP contribution in [0.1, 0.15) is 98.1 Å². The highest BCUT2D eigenvalue weighted by Gasteiger charge is 2.15. The summed E-state index contributed by atoms with van der Waals surface area (Å²) in [5, 5.41) is 0. The minimum Gasteiger partial charge on any atom is -0.493 e. The normalized spacial score (nSPS) is 11.0. The van der Waals surface area contributed by atoms with E-state index in [1.807, 2.05) is 27.7 Å². The minimum atomic E-state index is -0.623. The summed E-state index contributed by atoms with van der Waals surface area (Å²) in [6.45, 7) is 9.22. The molecule has 0 saturated heterocycles. The second kappa shape index (κ2) is 22.8. The van der Waals surface area contributed by atoms with E-state index in [4.69, 9.17) is 28.4 Å². The molecule has 4 aromatic carbocycles. The van der Waals surface area contributed by atoms with Crippen LogP contribution in [0.5, 0.6) is 23.0 Å². The standard InChI is InChI=1S/C44H48N2O10/c1-5-9-25-53-43(49)31-11-17-35(18-12-31)45-29-33-15-21-37(27-39(33)51-7-3)55-41(47)23-24-42(48)56-38-22-16-34(40(28-38)52-8-4)30-46-36-19-13-32(14-20-36)44(50)54-26-10-6-2/h11-22,27-30H,5-10,23-26H2,1-4H3. The minimum absolute atomic E-state index is 0.216. The van der Waals surface area contributed by atoms with Gasteiger partial charge >= 0.3 is 23.9 Å². The van der Waals surface area contributed by atoms with Gasteiger partial charge in [-0.3, -0.25) is 19.6 Å². The van der Waals surface area contributed by atoms with Crippen LogP contribution in [0.3, 0.4) is 0 Å². The summed E-state index contributed by atoms with van der Waals surface area (Å²) in [5.41, 5.74) is 3.45. The first kappa shape index (κ1) is 42.4. The maximum absolute atomic E-state index is 12.7. The molecule has 0 bridgehead atoms. The van der Waals surface area contributed by atoms with Crippen LogP contribution in [0.15, 0.2) is 94.9 Å². The van der Waals surface area contributed by atoms with E-state index in [0.717, 1.165) is 25.7 Å². The Balaban J connectivity index is 1.29. The monoisotopic (exact) mass is 764 g/mol. The molecular formula is C44H48N2O10. The molecular weight excluding hydrogens is 716 g/mol. The molecule has 0 aliphatic carbocycles. The number of carbonyl (C=O) groups is 4. The molecule has 4 rings (SSSR count). The molecule has 0 spiro atoms. The molecule has 294 valence electrons. The summed E-state index contributed by atoms with van der Waals surface area (Å²) in [6.07, 6.45) is 6.32. The van der Waals surface area contributed by atoms with Crippen molar-refractivity contribution in [2.45, 2.75) is 66.2 Å². The zero-order chi connectivity index (χ0) is 40.1. The zero-order valence-corrected chi connectivity index (χ0v) is 32.3. The van der Waals surface area contributed by atoms with Crippen molar-refractivity contribution in [1.82, 2.24) is 0 Å². The van der Waals surface area contributed by atoms with Gasteiger partial charge in [-0.05, 0) is 99.5 Å². The van der Waals surface area contributed by atoms with Crippen LogP contribution in [0.25, 0.3) is 0 Å². The van der Waals surface area contributed by atoms with Gasteiger partial charge in [-0.15, -0.1) is 0 Å². The van der Waals surface area contributed by atoms with Crippen LogP contribution in [0.2, 0.25) is 0 Å². The molecule has 12 heteroatoms. The molecule has 0 unspecified atom stereocenters. The summed E-state index contributed by atoms with van der Waals surface area (Å²) >= 11 is 0. The van der Waals surface area contributed by atoms with Crippen LogP contribution in [0.4, 0.5) is 11.4 Å². The number of esters is 4. The molecule has 0 N–H and O–H groups in total. The third-order valence-corrected chi connectivity index (χ3v) is 7.94. The molecule has 0 atom stereocenters. The van der Waals surface area contributed by atoms with Gasteiger partial charge in [0.15, 0.2) is 0 Å². The summed E-state index contributed by atoms with van der Waals surface area (Å²) in [7, 11) is 0. The van der Waals surface area contributed by atoms with E-state index in [1.165, 1.54) is 0 Å². The molecule has 0 amide bonds. The molecule has 0 saturated carbocycles. The van der Waals surface area contributed by atoms with Crippen LogP contribution in [-0.2, 0) is 19.1 Å². The van der Waals surface area contributed by atoms with Crippen molar-refractivity contribution in [3.05, 3.63) is 107 Å². The number of ether oxygens (including phenoxy) is 6. The molecule has 0 aromatic heterocycles.